The highest BCUT2D eigenvalue weighted by atomic mass is 16.4. The van der Waals surface area contributed by atoms with Crippen LogP contribution in [0.3, 0.4) is 0 Å². The van der Waals surface area contributed by atoms with E-state index in [4.69, 9.17) is 10.8 Å². The van der Waals surface area contributed by atoms with E-state index in [-0.39, 0.29) is 18.2 Å². The highest BCUT2D eigenvalue weighted by Crippen LogP contribution is 2.13. The second kappa shape index (κ2) is 6.76. The lowest BCUT2D eigenvalue weighted by atomic mass is 10.0. The van der Waals surface area contributed by atoms with Gasteiger partial charge in [-0.05, 0) is 18.0 Å². The third-order valence-corrected chi connectivity index (χ3v) is 2.62. The number of benzene rings is 1. The number of carboxylic acid groups (broad SMARTS) is 1. The van der Waals surface area contributed by atoms with Crippen molar-refractivity contribution in [1.29, 1.82) is 0 Å². The largest absolute Gasteiger partial charge is 0.479 e. The van der Waals surface area contributed by atoms with Crippen LogP contribution in [0.5, 0.6) is 0 Å². The van der Waals surface area contributed by atoms with E-state index in [1.165, 1.54) is 0 Å². The Morgan fingerprint density at radius 3 is 2.44 bits per heavy atom. The first kappa shape index (κ1) is 14.2. The molecule has 18 heavy (non-hydrogen) atoms. The monoisotopic (exact) mass is 250 g/mol. The second-order valence-electron chi connectivity index (χ2n) is 4.29. The van der Waals surface area contributed by atoms with Gasteiger partial charge in [-0.25, -0.2) is 4.79 Å². The van der Waals surface area contributed by atoms with Crippen molar-refractivity contribution < 1.29 is 14.7 Å². The van der Waals surface area contributed by atoms with E-state index in [1.54, 1.807) is 30.3 Å². The molecule has 0 heterocycles. The molecule has 5 nitrogen and oxygen atoms in total. The molecule has 0 aromatic heterocycles. The molecule has 0 fully saturated rings. The van der Waals surface area contributed by atoms with Gasteiger partial charge in [0.1, 0.15) is 0 Å². The van der Waals surface area contributed by atoms with Gasteiger partial charge >= 0.3 is 5.97 Å². The van der Waals surface area contributed by atoms with E-state index in [2.05, 4.69) is 5.32 Å². The molecule has 0 aliphatic rings. The average Bonchev–Trinajstić information content (AvgIpc) is 2.36. The molecular formula is C13H18N2O3. The third kappa shape index (κ3) is 4.18. The summed E-state index contributed by atoms with van der Waals surface area (Å²) in [6.07, 6.45) is 0.229. The van der Waals surface area contributed by atoms with Gasteiger partial charge in [-0.3, -0.25) is 4.79 Å². The molecule has 1 unspecified atom stereocenters. The minimum atomic E-state index is -1.07. The van der Waals surface area contributed by atoms with Crippen molar-refractivity contribution >= 4 is 11.9 Å². The number of nitrogens with two attached hydrogens (primary N) is 1. The summed E-state index contributed by atoms with van der Waals surface area (Å²) in [5.41, 5.74) is 5.98. The van der Waals surface area contributed by atoms with Crippen LogP contribution >= 0.6 is 0 Å². The van der Waals surface area contributed by atoms with E-state index in [0.29, 0.717) is 12.1 Å². The standard InChI is InChI=1S/C13H18N2O3/c1-9(8-14)7-11(16)15-12(13(17)18)10-5-3-2-4-6-10/h2-6,9,12H,7-8,14H2,1H3,(H,15,16)(H,17,18)/t9?,12-/m0/s1. The highest BCUT2D eigenvalue weighted by molar-refractivity contribution is 5.84. The first-order chi connectivity index (χ1) is 8.54. The molecule has 1 aromatic carbocycles. The first-order valence-electron chi connectivity index (χ1n) is 5.81. The van der Waals surface area contributed by atoms with Crippen molar-refractivity contribution in [1.82, 2.24) is 5.32 Å². The van der Waals surface area contributed by atoms with Gasteiger partial charge in [-0.2, -0.15) is 0 Å². The van der Waals surface area contributed by atoms with Crippen LogP contribution in [0.4, 0.5) is 0 Å². The van der Waals surface area contributed by atoms with Crippen LogP contribution < -0.4 is 11.1 Å². The van der Waals surface area contributed by atoms with E-state index in [9.17, 15) is 9.59 Å². The molecule has 2 atom stereocenters. The first-order valence-corrected chi connectivity index (χ1v) is 5.81. The Morgan fingerprint density at radius 2 is 1.94 bits per heavy atom. The fourth-order valence-corrected chi connectivity index (χ4v) is 1.55. The lowest BCUT2D eigenvalue weighted by molar-refractivity contribution is -0.142. The zero-order valence-electron chi connectivity index (χ0n) is 10.3. The number of hydrogen-bond acceptors (Lipinski definition) is 3. The van der Waals surface area contributed by atoms with E-state index >= 15 is 0 Å². The molecule has 0 bridgehead atoms. The van der Waals surface area contributed by atoms with Crippen LogP contribution in [0.25, 0.3) is 0 Å². The Balaban J connectivity index is 2.71. The van der Waals surface area contributed by atoms with Gasteiger partial charge in [-0.1, -0.05) is 37.3 Å². The van der Waals surface area contributed by atoms with Gasteiger partial charge in [0, 0.05) is 6.42 Å². The van der Waals surface area contributed by atoms with Crippen LogP contribution in [-0.4, -0.2) is 23.5 Å². The highest BCUT2D eigenvalue weighted by Gasteiger charge is 2.22. The molecular weight excluding hydrogens is 232 g/mol. The number of amides is 1. The molecule has 0 aliphatic heterocycles. The Bertz CT molecular complexity index is 406. The lowest BCUT2D eigenvalue weighted by Crippen LogP contribution is -2.35. The summed E-state index contributed by atoms with van der Waals surface area (Å²) in [4.78, 5) is 22.8. The molecule has 0 radical (unpaired) electrons. The van der Waals surface area contributed by atoms with Gasteiger partial charge in [0.2, 0.25) is 5.91 Å². The molecule has 0 spiro atoms. The predicted molar refractivity (Wildman–Crippen MR) is 67.8 cm³/mol. The Kier molecular flexibility index (Phi) is 5.32. The summed E-state index contributed by atoms with van der Waals surface area (Å²) in [5.74, 6) is -1.34. The zero-order chi connectivity index (χ0) is 13.5. The topological polar surface area (TPSA) is 92.4 Å². The van der Waals surface area contributed by atoms with Gasteiger partial charge in [-0.15, -0.1) is 0 Å². The Morgan fingerprint density at radius 1 is 1.33 bits per heavy atom. The number of hydrogen-bond donors (Lipinski definition) is 3. The third-order valence-electron chi connectivity index (χ3n) is 2.62. The van der Waals surface area contributed by atoms with Crippen LogP contribution in [0, 0.1) is 5.92 Å². The van der Waals surface area contributed by atoms with E-state index in [1.807, 2.05) is 6.92 Å². The van der Waals surface area contributed by atoms with Gasteiger partial charge in [0.25, 0.3) is 0 Å². The number of carbonyl (C=O) groups excluding carboxylic acids is 1. The Hall–Kier alpha value is -1.88. The van der Waals surface area contributed by atoms with Crippen molar-refractivity contribution in [2.45, 2.75) is 19.4 Å². The van der Waals surface area contributed by atoms with Gasteiger partial charge in [0.15, 0.2) is 6.04 Å². The predicted octanol–water partition coefficient (Wildman–Crippen LogP) is 0.913. The molecule has 0 aliphatic carbocycles. The molecule has 1 aromatic rings. The molecule has 1 amide bonds. The molecule has 0 saturated carbocycles. The van der Waals surface area contributed by atoms with Crippen molar-refractivity contribution in [2.24, 2.45) is 11.7 Å². The normalized spacial score (nSPS) is 13.7. The quantitative estimate of drug-likeness (QED) is 0.699. The maximum absolute atomic E-state index is 11.7. The van der Waals surface area contributed by atoms with Crippen LogP contribution in [-0.2, 0) is 9.59 Å². The fourth-order valence-electron chi connectivity index (χ4n) is 1.55. The van der Waals surface area contributed by atoms with Crippen molar-refractivity contribution in [2.75, 3.05) is 6.54 Å². The summed E-state index contributed by atoms with van der Waals surface area (Å²) in [7, 11) is 0. The minimum absolute atomic E-state index is 0.0372. The molecule has 5 heteroatoms. The van der Waals surface area contributed by atoms with E-state index in [0.717, 1.165) is 0 Å². The minimum Gasteiger partial charge on any atom is -0.479 e. The zero-order valence-corrected chi connectivity index (χ0v) is 10.3. The fraction of sp³-hybridized carbons (Fsp3) is 0.385. The molecule has 1 rings (SSSR count). The van der Waals surface area contributed by atoms with Crippen LogP contribution in [0.1, 0.15) is 24.9 Å². The SMILES string of the molecule is CC(CN)CC(=O)N[C@H](C(=O)O)c1ccccc1. The Labute approximate surface area is 106 Å². The van der Waals surface area contributed by atoms with Gasteiger partial charge < -0.3 is 16.2 Å². The summed E-state index contributed by atoms with van der Waals surface area (Å²) in [5, 5.41) is 11.6. The van der Waals surface area contributed by atoms with Crippen molar-refractivity contribution in [3.8, 4) is 0 Å². The van der Waals surface area contributed by atoms with E-state index < -0.39 is 12.0 Å². The van der Waals surface area contributed by atoms with Crippen molar-refractivity contribution in [3.05, 3.63) is 35.9 Å². The summed E-state index contributed by atoms with van der Waals surface area (Å²) < 4.78 is 0. The molecule has 0 saturated heterocycles. The summed E-state index contributed by atoms with van der Waals surface area (Å²) >= 11 is 0. The van der Waals surface area contributed by atoms with Gasteiger partial charge in [0.05, 0.1) is 0 Å². The summed E-state index contributed by atoms with van der Waals surface area (Å²) in [6, 6.07) is 7.60. The van der Waals surface area contributed by atoms with Crippen LogP contribution in [0.2, 0.25) is 0 Å². The maximum atomic E-state index is 11.7. The number of nitrogens with one attached hydrogen (secondary N) is 1. The number of aliphatic carboxylic acids is 1. The number of carbonyl (C=O) groups is 2. The number of rotatable bonds is 6. The summed E-state index contributed by atoms with van der Waals surface area (Å²) in [6.45, 7) is 2.24. The second-order valence-corrected chi connectivity index (χ2v) is 4.29. The maximum Gasteiger partial charge on any atom is 0.330 e. The number of carboxylic acids is 1. The average molecular weight is 250 g/mol. The molecule has 98 valence electrons. The smallest absolute Gasteiger partial charge is 0.330 e. The lowest BCUT2D eigenvalue weighted by Gasteiger charge is -2.16. The van der Waals surface area contributed by atoms with Crippen molar-refractivity contribution in [3.63, 3.8) is 0 Å². The van der Waals surface area contributed by atoms with Crippen LogP contribution in [0.15, 0.2) is 30.3 Å². The molecule has 4 N–H and O–H groups in total.